The molecular weight excluding hydrogens is 514 g/mol. The molecule has 196 valence electrons. The van der Waals surface area contributed by atoms with Gasteiger partial charge in [-0.1, -0.05) is 11.6 Å². The predicted octanol–water partition coefficient (Wildman–Crippen LogP) is 5.32. The van der Waals surface area contributed by atoms with Crippen molar-refractivity contribution in [3.63, 3.8) is 0 Å². The summed E-state index contributed by atoms with van der Waals surface area (Å²) in [6.45, 7) is 1.49. The van der Waals surface area contributed by atoms with E-state index in [-0.39, 0.29) is 23.5 Å². The molecule has 0 aliphatic carbocycles. The Kier molecular flexibility index (Phi) is 8.18. The van der Waals surface area contributed by atoms with Gasteiger partial charge in [-0.3, -0.25) is 9.59 Å². The molecule has 38 heavy (non-hydrogen) atoms. The number of carbonyl (C=O) groups excluding carboxylic acids is 2. The van der Waals surface area contributed by atoms with Gasteiger partial charge in [-0.05, 0) is 67.6 Å². The molecule has 1 amide bonds. The van der Waals surface area contributed by atoms with Crippen molar-refractivity contribution < 1.29 is 33.0 Å². The first-order chi connectivity index (χ1) is 18.3. The molecule has 1 aromatic heterocycles. The summed E-state index contributed by atoms with van der Waals surface area (Å²) in [5.74, 6) is -0.143. The van der Waals surface area contributed by atoms with Crippen molar-refractivity contribution in [1.82, 2.24) is 0 Å². The fraction of sp³-hybridized carbons (Fsp3) is 0.179. The van der Waals surface area contributed by atoms with Gasteiger partial charge in [0.15, 0.2) is 23.9 Å². The average molecular weight is 538 g/mol. The van der Waals surface area contributed by atoms with Crippen LogP contribution in [0.3, 0.4) is 0 Å². The minimum Gasteiger partial charge on any atom is -0.493 e. The number of methoxy groups -OCH3 is 2. The lowest BCUT2D eigenvalue weighted by Crippen LogP contribution is -2.22. The van der Waals surface area contributed by atoms with Crippen molar-refractivity contribution >= 4 is 40.1 Å². The lowest BCUT2D eigenvalue weighted by atomic mass is 10.1. The third kappa shape index (κ3) is 5.73. The molecule has 10 heteroatoms. The summed E-state index contributed by atoms with van der Waals surface area (Å²) in [7, 11) is 3.00. The zero-order valence-corrected chi connectivity index (χ0v) is 21.6. The maximum Gasteiger partial charge on any atom is 0.338 e. The Morgan fingerprint density at radius 1 is 0.947 bits per heavy atom. The second kappa shape index (κ2) is 11.7. The number of benzene rings is 3. The van der Waals surface area contributed by atoms with Gasteiger partial charge in [0.05, 0.1) is 31.8 Å². The Morgan fingerprint density at radius 2 is 1.68 bits per heavy atom. The summed E-state index contributed by atoms with van der Waals surface area (Å²) in [4.78, 5) is 37.9. The van der Waals surface area contributed by atoms with Crippen LogP contribution in [0.2, 0.25) is 5.02 Å². The SMILES string of the molecule is CCOC(=O)c1ccc(NC(=O)COc2c(-c3ccc(OC)c(OC)c3)oc3ccc(Cl)cc3c2=O)cc1. The van der Waals surface area contributed by atoms with E-state index in [0.29, 0.717) is 38.9 Å². The van der Waals surface area contributed by atoms with E-state index in [1.807, 2.05) is 0 Å². The first-order valence-corrected chi connectivity index (χ1v) is 11.9. The van der Waals surface area contributed by atoms with Crippen molar-refractivity contribution in [3.05, 3.63) is 81.5 Å². The number of rotatable bonds is 9. The van der Waals surface area contributed by atoms with Crippen LogP contribution in [0.25, 0.3) is 22.3 Å². The van der Waals surface area contributed by atoms with E-state index < -0.39 is 23.9 Å². The van der Waals surface area contributed by atoms with Gasteiger partial charge in [-0.15, -0.1) is 0 Å². The van der Waals surface area contributed by atoms with Gasteiger partial charge in [-0.2, -0.15) is 0 Å². The van der Waals surface area contributed by atoms with Crippen molar-refractivity contribution in [3.8, 4) is 28.6 Å². The largest absolute Gasteiger partial charge is 0.493 e. The molecule has 0 atom stereocenters. The molecule has 0 unspecified atom stereocenters. The molecule has 0 radical (unpaired) electrons. The van der Waals surface area contributed by atoms with E-state index in [9.17, 15) is 14.4 Å². The number of hydrogen-bond acceptors (Lipinski definition) is 8. The topological polar surface area (TPSA) is 113 Å². The molecule has 1 heterocycles. The number of esters is 1. The quantitative estimate of drug-likeness (QED) is 0.285. The highest BCUT2D eigenvalue weighted by atomic mass is 35.5. The van der Waals surface area contributed by atoms with E-state index >= 15 is 0 Å². The number of halogens is 1. The number of fused-ring (bicyclic) bond motifs is 1. The highest BCUT2D eigenvalue weighted by Crippen LogP contribution is 2.37. The Labute approximate surface area is 222 Å². The molecule has 0 aliphatic rings. The van der Waals surface area contributed by atoms with Crippen molar-refractivity contribution in [2.24, 2.45) is 0 Å². The normalized spacial score (nSPS) is 10.6. The molecule has 4 aromatic rings. The molecule has 9 nitrogen and oxygen atoms in total. The summed E-state index contributed by atoms with van der Waals surface area (Å²) in [5, 5.41) is 3.21. The number of ether oxygens (including phenoxy) is 4. The van der Waals surface area contributed by atoms with Gasteiger partial charge in [0.2, 0.25) is 11.2 Å². The third-order valence-electron chi connectivity index (χ3n) is 5.48. The van der Waals surface area contributed by atoms with Crippen LogP contribution < -0.4 is 25.0 Å². The molecule has 0 saturated heterocycles. The third-order valence-corrected chi connectivity index (χ3v) is 5.72. The van der Waals surface area contributed by atoms with Crippen molar-refractivity contribution in [1.29, 1.82) is 0 Å². The lowest BCUT2D eigenvalue weighted by molar-refractivity contribution is -0.118. The fourth-order valence-electron chi connectivity index (χ4n) is 3.69. The highest BCUT2D eigenvalue weighted by Gasteiger charge is 2.21. The smallest absolute Gasteiger partial charge is 0.338 e. The van der Waals surface area contributed by atoms with E-state index in [1.54, 1.807) is 49.4 Å². The van der Waals surface area contributed by atoms with Crippen LogP contribution in [0.15, 0.2) is 69.9 Å². The van der Waals surface area contributed by atoms with Crippen molar-refractivity contribution in [2.75, 3.05) is 32.8 Å². The molecular formula is C28H24ClNO8. The van der Waals surface area contributed by atoms with E-state index in [1.165, 1.54) is 32.4 Å². The van der Waals surface area contributed by atoms with Gasteiger partial charge in [0, 0.05) is 16.3 Å². The molecule has 0 bridgehead atoms. The van der Waals surface area contributed by atoms with Crippen LogP contribution >= 0.6 is 11.6 Å². The first-order valence-electron chi connectivity index (χ1n) is 11.5. The molecule has 0 aliphatic heterocycles. The summed E-state index contributed by atoms with van der Waals surface area (Å²) in [6.07, 6.45) is 0. The Morgan fingerprint density at radius 3 is 2.37 bits per heavy atom. The Balaban J connectivity index is 1.63. The van der Waals surface area contributed by atoms with E-state index in [4.69, 9.17) is 35.0 Å². The zero-order chi connectivity index (χ0) is 27.2. The van der Waals surface area contributed by atoms with Crippen molar-refractivity contribution in [2.45, 2.75) is 6.92 Å². The van der Waals surface area contributed by atoms with Crippen LogP contribution in [-0.4, -0.2) is 39.3 Å². The van der Waals surface area contributed by atoms with Gasteiger partial charge in [0.1, 0.15) is 5.58 Å². The zero-order valence-electron chi connectivity index (χ0n) is 20.8. The number of amides is 1. The van der Waals surface area contributed by atoms with Gasteiger partial charge in [0.25, 0.3) is 5.91 Å². The van der Waals surface area contributed by atoms with Crippen LogP contribution in [0.5, 0.6) is 17.2 Å². The number of nitrogens with one attached hydrogen (secondary N) is 1. The second-order valence-electron chi connectivity index (χ2n) is 7.93. The van der Waals surface area contributed by atoms with Crippen LogP contribution in [-0.2, 0) is 9.53 Å². The summed E-state index contributed by atoms with van der Waals surface area (Å²) in [5.41, 5.74) is 1.06. The molecule has 0 fully saturated rings. The summed E-state index contributed by atoms with van der Waals surface area (Å²) >= 11 is 6.09. The van der Waals surface area contributed by atoms with E-state index in [0.717, 1.165) is 0 Å². The minimum absolute atomic E-state index is 0.109. The highest BCUT2D eigenvalue weighted by molar-refractivity contribution is 6.31. The second-order valence-corrected chi connectivity index (χ2v) is 8.37. The Hall–Kier alpha value is -4.50. The Bertz CT molecular complexity index is 1550. The first kappa shape index (κ1) is 26.6. The predicted molar refractivity (Wildman–Crippen MR) is 143 cm³/mol. The van der Waals surface area contributed by atoms with Crippen LogP contribution in [0.4, 0.5) is 5.69 Å². The molecule has 0 spiro atoms. The standard InChI is InChI=1S/C28H24ClNO8/c1-4-36-28(33)16-5-9-19(10-6-16)30-24(31)15-37-27-25(32)20-14-18(29)8-12-21(20)38-26(27)17-7-11-22(34-2)23(13-17)35-3/h5-14H,4,15H2,1-3H3,(H,30,31). The number of hydrogen-bond donors (Lipinski definition) is 1. The summed E-state index contributed by atoms with van der Waals surface area (Å²) < 4.78 is 27.4. The maximum atomic E-state index is 13.4. The van der Waals surface area contributed by atoms with E-state index in [2.05, 4.69) is 5.32 Å². The minimum atomic E-state index is -0.530. The lowest BCUT2D eigenvalue weighted by Gasteiger charge is -2.14. The van der Waals surface area contributed by atoms with Crippen LogP contribution in [0, 0.1) is 0 Å². The molecule has 4 rings (SSSR count). The molecule has 3 aromatic carbocycles. The van der Waals surface area contributed by atoms with Gasteiger partial charge < -0.3 is 28.7 Å². The fourth-order valence-corrected chi connectivity index (χ4v) is 3.86. The van der Waals surface area contributed by atoms with Gasteiger partial charge in [-0.25, -0.2) is 4.79 Å². The van der Waals surface area contributed by atoms with Gasteiger partial charge >= 0.3 is 5.97 Å². The monoisotopic (exact) mass is 537 g/mol. The van der Waals surface area contributed by atoms with Crippen LogP contribution in [0.1, 0.15) is 17.3 Å². The molecule has 1 N–H and O–H groups in total. The number of anilines is 1. The maximum absolute atomic E-state index is 13.4. The number of carbonyl (C=O) groups is 2. The average Bonchev–Trinajstić information content (AvgIpc) is 2.92. The molecule has 0 saturated carbocycles. The summed E-state index contributed by atoms with van der Waals surface area (Å²) in [6, 6.07) is 15.8.